The summed E-state index contributed by atoms with van der Waals surface area (Å²) in [6, 6.07) is 13.2. The second kappa shape index (κ2) is 7.72. The summed E-state index contributed by atoms with van der Waals surface area (Å²) in [5.74, 6) is 1.01. The maximum absolute atomic E-state index is 12.6. The van der Waals surface area contributed by atoms with E-state index in [2.05, 4.69) is 27.4 Å². The van der Waals surface area contributed by atoms with Gasteiger partial charge >= 0.3 is 0 Å². The smallest absolute Gasteiger partial charge is 0.244 e. The molecule has 2 heterocycles. The van der Waals surface area contributed by atoms with Crippen molar-refractivity contribution in [3.8, 4) is 5.75 Å². The van der Waals surface area contributed by atoms with Gasteiger partial charge in [0.05, 0.1) is 0 Å². The molecule has 0 fully saturated rings. The number of ketones is 1. The molecule has 0 bridgehead atoms. The van der Waals surface area contributed by atoms with Gasteiger partial charge in [0.2, 0.25) is 12.1 Å². The Bertz CT molecular complexity index is 1040. The van der Waals surface area contributed by atoms with Gasteiger partial charge in [-0.2, -0.15) is 0 Å². The molecule has 144 valence electrons. The first-order valence-corrected chi connectivity index (χ1v) is 10.4. The minimum absolute atomic E-state index is 0.0644. The lowest BCUT2D eigenvalue weighted by Crippen LogP contribution is -2.39. The van der Waals surface area contributed by atoms with Gasteiger partial charge in [0.15, 0.2) is 6.54 Å². The lowest BCUT2D eigenvalue weighted by Gasteiger charge is -2.08. The van der Waals surface area contributed by atoms with Gasteiger partial charge in [-0.05, 0) is 35.9 Å². The first-order chi connectivity index (χ1) is 13.4. The van der Waals surface area contributed by atoms with E-state index in [0.717, 1.165) is 45.2 Å². The second-order valence-corrected chi connectivity index (χ2v) is 8.54. The molecule has 1 aromatic heterocycles. The van der Waals surface area contributed by atoms with Crippen LogP contribution in [0.15, 0.2) is 53.3 Å². The number of ether oxygens (including phenoxy) is 1. The minimum atomic E-state index is 0.0644. The first kappa shape index (κ1) is 19.2. The van der Waals surface area contributed by atoms with Crippen molar-refractivity contribution < 1.29 is 14.1 Å². The predicted molar refractivity (Wildman–Crippen MR) is 112 cm³/mol. The van der Waals surface area contributed by atoms with E-state index in [0.29, 0.717) is 12.1 Å². The van der Waals surface area contributed by atoms with Gasteiger partial charge in [-0.15, -0.1) is 0 Å². The van der Waals surface area contributed by atoms with Crippen LogP contribution in [-0.4, -0.2) is 16.5 Å². The van der Waals surface area contributed by atoms with Crippen LogP contribution in [0.2, 0.25) is 5.02 Å². The van der Waals surface area contributed by atoms with E-state index in [-0.39, 0.29) is 11.9 Å². The van der Waals surface area contributed by atoms with Gasteiger partial charge in [0.1, 0.15) is 29.8 Å². The second-order valence-electron chi connectivity index (χ2n) is 7.19. The molecule has 0 amide bonds. The van der Waals surface area contributed by atoms with E-state index in [1.807, 2.05) is 60.3 Å². The zero-order chi connectivity index (χ0) is 19.8. The molecule has 0 N–H and O–H groups in total. The number of aromatic nitrogens is 2. The quantitative estimate of drug-likeness (QED) is 0.409. The van der Waals surface area contributed by atoms with Crippen LogP contribution >= 0.6 is 27.5 Å². The molecule has 1 atom stereocenters. The van der Waals surface area contributed by atoms with Crippen molar-refractivity contribution in [3.63, 3.8) is 0 Å². The number of Topliss-reactive ketones (excluding diaryl/α,β-unsaturated/α-hetero) is 1. The summed E-state index contributed by atoms with van der Waals surface area (Å²) in [5.41, 5.74) is 4.09. The molecular weight excluding hydrogens is 440 g/mol. The number of benzene rings is 2. The van der Waals surface area contributed by atoms with E-state index in [1.54, 1.807) is 0 Å². The molecule has 2 aromatic carbocycles. The highest BCUT2D eigenvalue weighted by atomic mass is 79.9. The highest BCUT2D eigenvalue weighted by Gasteiger charge is 2.27. The van der Waals surface area contributed by atoms with Crippen LogP contribution in [0.1, 0.15) is 27.3 Å². The van der Waals surface area contributed by atoms with E-state index in [1.165, 1.54) is 0 Å². The highest BCUT2D eigenvalue weighted by molar-refractivity contribution is 9.10. The SMILES string of the molecule is Cc1c(C)[n+](CC(=O)c2ccc(Br)cc2)cn1CC1Cc2cc(Cl)ccc2O1. The van der Waals surface area contributed by atoms with Gasteiger partial charge in [-0.3, -0.25) is 4.79 Å². The van der Waals surface area contributed by atoms with Gasteiger partial charge in [0.25, 0.3) is 0 Å². The van der Waals surface area contributed by atoms with Crippen LogP contribution in [0.4, 0.5) is 0 Å². The van der Waals surface area contributed by atoms with Crippen molar-refractivity contribution in [1.82, 2.24) is 4.57 Å². The minimum Gasteiger partial charge on any atom is -0.486 e. The molecule has 3 aromatic rings. The fraction of sp³-hybridized carbons (Fsp3) is 0.273. The normalized spacial score (nSPS) is 15.4. The number of carbonyl (C=O) groups excluding carboxylic acids is 1. The lowest BCUT2D eigenvalue weighted by molar-refractivity contribution is -0.688. The van der Waals surface area contributed by atoms with Crippen molar-refractivity contribution in [1.29, 1.82) is 0 Å². The summed E-state index contributed by atoms with van der Waals surface area (Å²) in [6.07, 6.45) is 2.92. The van der Waals surface area contributed by atoms with Gasteiger partial charge in [-0.25, -0.2) is 9.13 Å². The monoisotopic (exact) mass is 459 g/mol. The van der Waals surface area contributed by atoms with Crippen LogP contribution in [0.25, 0.3) is 0 Å². The number of hydrogen-bond donors (Lipinski definition) is 0. The zero-order valence-electron chi connectivity index (χ0n) is 15.8. The standard InChI is InChI=1S/C22H21BrClN2O2/c1-14-15(2)26(12-21(27)16-3-5-18(23)6-4-16)13-25(14)11-20-10-17-9-19(24)7-8-22(17)28-20/h3-9,13,20H,10-12H2,1-2H3/q+1. The molecule has 4 nitrogen and oxygen atoms in total. The summed E-state index contributed by atoms with van der Waals surface area (Å²) in [4.78, 5) is 12.6. The van der Waals surface area contributed by atoms with Crippen molar-refractivity contribution >= 4 is 33.3 Å². The van der Waals surface area contributed by atoms with Crippen molar-refractivity contribution in [2.24, 2.45) is 0 Å². The predicted octanol–water partition coefficient (Wildman–Crippen LogP) is 4.69. The van der Waals surface area contributed by atoms with E-state index < -0.39 is 0 Å². The Morgan fingerprint density at radius 1 is 1.25 bits per heavy atom. The Morgan fingerprint density at radius 3 is 2.75 bits per heavy atom. The fourth-order valence-electron chi connectivity index (χ4n) is 3.59. The molecule has 4 rings (SSSR count). The number of imidazole rings is 1. The van der Waals surface area contributed by atoms with Crippen molar-refractivity contribution in [3.05, 3.63) is 80.8 Å². The Labute approximate surface area is 177 Å². The number of halogens is 2. The third-order valence-electron chi connectivity index (χ3n) is 5.31. The number of nitrogens with zero attached hydrogens (tertiary/aromatic N) is 2. The number of rotatable bonds is 5. The number of carbonyl (C=O) groups is 1. The molecule has 0 radical (unpaired) electrons. The molecule has 6 heteroatoms. The Morgan fingerprint density at radius 2 is 2.00 bits per heavy atom. The van der Waals surface area contributed by atoms with Crippen LogP contribution in [-0.2, 0) is 19.5 Å². The summed E-state index contributed by atoms with van der Waals surface area (Å²) in [6.45, 7) is 5.18. The number of fused-ring (bicyclic) bond motifs is 1. The summed E-state index contributed by atoms with van der Waals surface area (Å²) >= 11 is 9.49. The van der Waals surface area contributed by atoms with Crippen molar-refractivity contribution in [2.45, 2.75) is 39.5 Å². The molecule has 1 unspecified atom stereocenters. The Kier molecular flexibility index (Phi) is 5.30. The molecule has 1 aliphatic heterocycles. The molecule has 28 heavy (non-hydrogen) atoms. The van der Waals surface area contributed by atoms with Crippen molar-refractivity contribution in [2.75, 3.05) is 0 Å². The third kappa shape index (κ3) is 3.87. The molecule has 0 saturated heterocycles. The largest absolute Gasteiger partial charge is 0.486 e. The van der Waals surface area contributed by atoms with Crippen LogP contribution in [0.3, 0.4) is 0 Å². The van der Waals surface area contributed by atoms with Gasteiger partial charge < -0.3 is 4.74 Å². The average Bonchev–Trinajstić information content (AvgIpc) is 3.18. The first-order valence-electron chi connectivity index (χ1n) is 9.20. The van der Waals surface area contributed by atoms with Crippen LogP contribution < -0.4 is 9.30 Å². The maximum Gasteiger partial charge on any atom is 0.244 e. The molecular formula is C22H21BrClN2O2+. The molecule has 0 aliphatic carbocycles. The van der Waals surface area contributed by atoms with E-state index in [9.17, 15) is 4.79 Å². The van der Waals surface area contributed by atoms with E-state index >= 15 is 0 Å². The summed E-state index contributed by atoms with van der Waals surface area (Å²) < 4.78 is 11.2. The van der Waals surface area contributed by atoms with Gasteiger partial charge in [0, 0.05) is 35.3 Å². The Balaban J connectivity index is 1.48. The molecule has 0 saturated carbocycles. The topological polar surface area (TPSA) is 35.1 Å². The fourth-order valence-corrected chi connectivity index (χ4v) is 4.05. The molecule has 0 spiro atoms. The van der Waals surface area contributed by atoms with Crippen LogP contribution in [0, 0.1) is 13.8 Å². The number of hydrogen-bond acceptors (Lipinski definition) is 2. The summed E-state index contributed by atoms with van der Waals surface area (Å²) in [5, 5.41) is 0.736. The van der Waals surface area contributed by atoms with Gasteiger partial charge in [-0.1, -0.05) is 39.7 Å². The summed E-state index contributed by atoms with van der Waals surface area (Å²) in [7, 11) is 0. The maximum atomic E-state index is 12.6. The van der Waals surface area contributed by atoms with Crippen LogP contribution in [0.5, 0.6) is 5.75 Å². The Hall–Kier alpha value is -2.11. The van der Waals surface area contributed by atoms with E-state index in [4.69, 9.17) is 16.3 Å². The highest BCUT2D eigenvalue weighted by Crippen LogP contribution is 2.31. The third-order valence-corrected chi connectivity index (χ3v) is 6.07. The average molecular weight is 461 g/mol. The molecule has 1 aliphatic rings. The lowest BCUT2D eigenvalue weighted by atomic mass is 10.1. The zero-order valence-corrected chi connectivity index (χ0v) is 18.1.